The zero-order valence-corrected chi connectivity index (χ0v) is 11.0. The second kappa shape index (κ2) is 5.11. The number of nitrogens with zero attached hydrogens (tertiary/aromatic N) is 1. The average molecular weight is 255 g/mol. The molecule has 1 aliphatic heterocycles. The number of rotatable bonds is 2. The van der Waals surface area contributed by atoms with Crippen molar-refractivity contribution in [1.82, 2.24) is 0 Å². The smallest absolute Gasteiger partial charge is 0.161 e. The number of hydrogen-bond donors (Lipinski definition) is 1. The van der Waals surface area contributed by atoms with Gasteiger partial charge in [-0.3, -0.25) is 4.99 Å². The molecule has 16 heavy (non-hydrogen) atoms. The molecule has 1 aromatic rings. The minimum absolute atomic E-state index is 0.466. The Morgan fingerprint density at radius 2 is 2.38 bits per heavy atom. The van der Waals surface area contributed by atoms with Crippen LogP contribution >= 0.6 is 23.4 Å². The van der Waals surface area contributed by atoms with Crippen LogP contribution < -0.4 is 5.32 Å². The van der Waals surface area contributed by atoms with E-state index in [0.29, 0.717) is 6.04 Å². The van der Waals surface area contributed by atoms with E-state index >= 15 is 0 Å². The summed E-state index contributed by atoms with van der Waals surface area (Å²) in [6.45, 7) is 4.17. The largest absolute Gasteiger partial charge is 0.335 e. The lowest BCUT2D eigenvalue weighted by Gasteiger charge is -2.06. The molecule has 4 heteroatoms. The molecule has 1 aliphatic rings. The van der Waals surface area contributed by atoms with Crippen LogP contribution in [-0.4, -0.2) is 17.0 Å². The van der Waals surface area contributed by atoms with E-state index in [-0.39, 0.29) is 0 Å². The first-order chi connectivity index (χ1) is 7.69. The van der Waals surface area contributed by atoms with E-state index in [9.17, 15) is 0 Å². The number of halogens is 1. The van der Waals surface area contributed by atoms with Crippen LogP contribution in [0, 0.1) is 6.92 Å². The van der Waals surface area contributed by atoms with Crippen LogP contribution in [0.1, 0.15) is 18.9 Å². The highest BCUT2D eigenvalue weighted by molar-refractivity contribution is 8.14. The van der Waals surface area contributed by atoms with E-state index in [1.54, 1.807) is 11.8 Å². The average Bonchev–Trinajstić information content (AvgIpc) is 2.71. The Hall–Kier alpha value is -0.670. The number of benzene rings is 1. The first-order valence-electron chi connectivity index (χ1n) is 5.43. The number of hydrogen-bond acceptors (Lipinski definition) is 3. The minimum atomic E-state index is 0.466. The molecule has 1 N–H and O–H groups in total. The molecule has 0 amide bonds. The monoisotopic (exact) mass is 254 g/mol. The fraction of sp³-hybridized carbons (Fsp3) is 0.417. The molecule has 1 aromatic carbocycles. The van der Waals surface area contributed by atoms with Gasteiger partial charge in [-0.1, -0.05) is 36.4 Å². The highest BCUT2D eigenvalue weighted by Gasteiger charge is 2.16. The summed E-state index contributed by atoms with van der Waals surface area (Å²) < 4.78 is 0. The summed E-state index contributed by atoms with van der Waals surface area (Å²) in [7, 11) is 0. The van der Waals surface area contributed by atoms with Crippen molar-refractivity contribution < 1.29 is 0 Å². The van der Waals surface area contributed by atoms with Gasteiger partial charge in [0.15, 0.2) is 5.17 Å². The molecule has 86 valence electrons. The number of amidine groups is 1. The van der Waals surface area contributed by atoms with Gasteiger partial charge in [0.25, 0.3) is 0 Å². The molecule has 2 rings (SSSR count). The summed E-state index contributed by atoms with van der Waals surface area (Å²) >= 11 is 7.84. The summed E-state index contributed by atoms with van der Waals surface area (Å²) in [6.07, 6.45) is 1.10. The van der Waals surface area contributed by atoms with Gasteiger partial charge in [0.2, 0.25) is 0 Å². The number of aliphatic imine (C=N–C) groups is 1. The maximum atomic E-state index is 6.07. The molecule has 0 aromatic heterocycles. The fourth-order valence-corrected chi connectivity index (χ4v) is 2.74. The Kier molecular flexibility index (Phi) is 3.77. The lowest BCUT2D eigenvalue weighted by atomic mass is 10.2. The third-order valence-corrected chi connectivity index (χ3v) is 4.05. The predicted octanol–water partition coefficient (Wildman–Crippen LogP) is 3.94. The van der Waals surface area contributed by atoms with Gasteiger partial charge < -0.3 is 5.32 Å². The van der Waals surface area contributed by atoms with Crippen molar-refractivity contribution in [3.8, 4) is 0 Å². The Morgan fingerprint density at radius 3 is 3.00 bits per heavy atom. The van der Waals surface area contributed by atoms with Gasteiger partial charge >= 0.3 is 0 Å². The van der Waals surface area contributed by atoms with E-state index in [1.165, 1.54) is 0 Å². The van der Waals surface area contributed by atoms with Crippen molar-refractivity contribution in [2.24, 2.45) is 4.99 Å². The van der Waals surface area contributed by atoms with Gasteiger partial charge in [0.05, 0.1) is 6.04 Å². The van der Waals surface area contributed by atoms with Gasteiger partial charge in [-0.25, -0.2) is 0 Å². The van der Waals surface area contributed by atoms with Crippen LogP contribution in [-0.2, 0) is 0 Å². The molecular formula is C12H15ClN2S. The molecule has 2 nitrogen and oxygen atoms in total. The van der Waals surface area contributed by atoms with Crippen molar-refractivity contribution in [2.45, 2.75) is 26.3 Å². The summed E-state index contributed by atoms with van der Waals surface area (Å²) in [5.41, 5.74) is 2.11. The second-order valence-corrected chi connectivity index (χ2v) is 5.31. The van der Waals surface area contributed by atoms with Crippen LogP contribution in [0.4, 0.5) is 5.69 Å². The molecule has 0 saturated heterocycles. The molecule has 1 atom stereocenters. The van der Waals surface area contributed by atoms with E-state index in [1.807, 2.05) is 25.1 Å². The van der Waals surface area contributed by atoms with Gasteiger partial charge in [-0.05, 0) is 31.0 Å². The number of thioether (sulfide) groups is 1. The molecule has 0 radical (unpaired) electrons. The Balaban J connectivity index is 2.07. The van der Waals surface area contributed by atoms with Gasteiger partial charge in [-0.15, -0.1) is 0 Å². The lowest BCUT2D eigenvalue weighted by molar-refractivity contribution is 0.738. The van der Waals surface area contributed by atoms with Crippen molar-refractivity contribution >= 4 is 34.2 Å². The molecule has 0 bridgehead atoms. The second-order valence-electron chi connectivity index (χ2n) is 3.90. The normalized spacial score (nSPS) is 19.7. The summed E-state index contributed by atoms with van der Waals surface area (Å²) in [4.78, 5) is 4.58. The number of anilines is 1. The molecule has 0 fully saturated rings. The van der Waals surface area contributed by atoms with Crippen molar-refractivity contribution in [3.05, 3.63) is 28.8 Å². The lowest BCUT2D eigenvalue weighted by Crippen LogP contribution is -2.05. The SMILES string of the molecule is CCC1CSC(Nc2ccc(C)c(Cl)c2)=N1. The number of aryl methyl sites for hydroxylation is 1. The summed E-state index contributed by atoms with van der Waals surface area (Å²) in [5, 5.41) is 5.10. The van der Waals surface area contributed by atoms with E-state index in [2.05, 4.69) is 17.2 Å². The molecule has 1 heterocycles. The first kappa shape index (κ1) is 11.8. The Morgan fingerprint density at radius 1 is 1.56 bits per heavy atom. The van der Waals surface area contributed by atoms with Gasteiger partial charge in [0, 0.05) is 16.5 Å². The van der Waals surface area contributed by atoms with Gasteiger partial charge in [0.1, 0.15) is 0 Å². The maximum Gasteiger partial charge on any atom is 0.161 e. The Bertz CT molecular complexity index is 417. The molecule has 0 spiro atoms. The quantitative estimate of drug-likeness (QED) is 0.865. The number of nitrogens with one attached hydrogen (secondary N) is 1. The van der Waals surface area contributed by atoms with Gasteiger partial charge in [-0.2, -0.15) is 0 Å². The standard InChI is InChI=1S/C12H15ClN2S/c1-3-9-7-16-12(14-9)15-10-5-4-8(2)11(13)6-10/h4-6,9H,3,7H2,1-2H3,(H,14,15). The van der Waals surface area contributed by atoms with Crippen LogP contribution in [0.2, 0.25) is 5.02 Å². The predicted molar refractivity (Wildman–Crippen MR) is 73.8 cm³/mol. The molecule has 0 aliphatic carbocycles. The summed E-state index contributed by atoms with van der Waals surface area (Å²) in [6, 6.07) is 6.46. The van der Waals surface area contributed by atoms with Crippen molar-refractivity contribution in [2.75, 3.05) is 11.1 Å². The Labute approximate surface area is 105 Å². The molecule has 1 unspecified atom stereocenters. The maximum absolute atomic E-state index is 6.07. The van der Waals surface area contributed by atoms with Crippen molar-refractivity contribution in [3.63, 3.8) is 0 Å². The van der Waals surface area contributed by atoms with E-state index in [4.69, 9.17) is 11.6 Å². The topological polar surface area (TPSA) is 24.4 Å². The summed E-state index contributed by atoms with van der Waals surface area (Å²) in [5.74, 6) is 1.08. The molecular weight excluding hydrogens is 240 g/mol. The fourth-order valence-electron chi connectivity index (χ4n) is 1.49. The minimum Gasteiger partial charge on any atom is -0.335 e. The first-order valence-corrected chi connectivity index (χ1v) is 6.79. The third-order valence-electron chi connectivity index (χ3n) is 2.61. The van der Waals surface area contributed by atoms with E-state index < -0.39 is 0 Å². The van der Waals surface area contributed by atoms with Crippen LogP contribution in [0.3, 0.4) is 0 Å². The zero-order valence-electron chi connectivity index (χ0n) is 9.46. The third kappa shape index (κ3) is 2.71. The highest BCUT2D eigenvalue weighted by Crippen LogP contribution is 2.24. The highest BCUT2D eigenvalue weighted by atomic mass is 35.5. The van der Waals surface area contributed by atoms with E-state index in [0.717, 1.165) is 33.6 Å². The van der Waals surface area contributed by atoms with Crippen LogP contribution in [0.25, 0.3) is 0 Å². The molecule has 0 saturated carbocycles. The zero-order chi connectivity index (χ0) is 11.5. The van der Waals surface area contributed by atoms with Crippen molar-refractivity contribution in [1.29, 1.82) is 0 Å². The van der Waals surface area contributed by atoms with Crippen LogP contribution in [0.15, 0.2) is 23.2 Å². The van der Waals surface area contributed by atoms with Crippen LogP contribution in [0.5, 0.6) is 0 Å².